The van der Waals surface area contributed by atoms with Crippen LogP contribution in [0.3, 0.4) is 0 Å². The van der Waals surface area contributed by atoms with Crippen molar-refractivity contribution in [2.45, 2.75) is 12.5 Å². The molecule has 4 rings (SSSR count). The van der Waals surface area contributed by atoms with Crippen molar-refractivity contribution in [2.24, 2.45) is 10.1 Å². The average Bonchev–Trinajstić information content (AvgIpc) is 3.25. The maximum Gasteiger partial charge on any atom is 0.287 e. The number of aliphatic imine (C=N–C) groups is 1. The van der Waals surface area contributed by atoms with Crippen molar-refractivity contribution in [1.82, 2.24) is 0 Å². The molecule has 2 aromatic carbocycles. The molecule has 102 valence electrons. The predicted molar refractivity (Wildman–Crippen MR) is 82.7 cm³/mol. The molecule has 2 aliphatic heterocycles. The molecule has 0 bridgehead atoms. The molecule has 0 N–H and O–H groups in total. The first-order chi connectivity index (χ1) is 10.2. The minimum absolute atomic E-state index is 0.0925. The van der Waals surface area contributed by atoms with E-state index in [4.69, 9.17) is 0 Å². The summed E-state index contributed by atoms with van der Waals surface area (Å²) in [5.41, 5.74) is 2.43. The fourth-order valence-electron chi connectivity index (χ4n) is 2.73. The summed E-state index contributed by atoms with van der Waals surface area (Å²) < 4.78 is 0. The Hall–Kier alpha value is -2.75. The summed E-state index contributed by atoms with van der Waals surface area (Å²) in [6, 6.07) is 19.2. The van der Waals surface area contributed by atoms with Crippen LogP contribution in [0.5, 0.6) is 0 Å². The lowest BCUT2D eigenvalue weighted by Gasteiger charge is -2.13. The zero-order chi connectivity index (χ0) is 14.4. The van der Waals surface area contributed by atoms with Gasteiger partial charge in [0, 0.05) is 0 Å². The number of carbonyl (C=O) groups is 1. The minimum atomic E-state index is -0.864. The number of nitrogens with zero attached hydrogens (tertiary/aromatic N) is 3. The van der Waals surface area contributed by atoms with E-state index in [1.165, 1.54) is 5.01 Å². The van der Waals surface area contributed by atoms with E-state index in [1.807, 2.05) is 67.6 Å². The number of hydrazone groups is 1. The zero-order valence-electron chi connectivity index (χ0n) is 11.5. The van der Waals surface area contributed by atoms with Gasteiger partial charge in [-0.1, -0.05) is 48.5 Å². The van der Waals surface area contributed by atoms with Gasteiger partial charge in [0.15, 0.2) is 0 Å². The summed E-state index contributed by atoms with van der Waals surface area (Å²) in [5.74, 6) is -0.0925. The SMILES string of the molecule is CC1=NN(c2ccccc2)C(=O)[C@@]12N=C2c1ccccc1. The zero-order valence-corrected chi connectivity index (χ0v) is 11.5. The molecule has 2 heterocycles. The number of amides is 1. The van der Waals surface area contributed by atoms with Crippen LogP contribution in [0.2, 0.25) is 0 Å². The normalized spacial score (nSPS) is 23.3. The van der Waals surface area contributed by atoms with Crippen LogP contribution >= 0.6 is 0 Å². The van der Waals surface area contributed by atoms with Crippen molar-refractivity contribution in [3.05, 3.63) is 66.2 Å². The molecule has 1 spiro atoms. The summed E-state index contributed by atoms with van der Waals surface area (Å²) in [6.45, 7) is 1.86. The standard InChI is InChI=1S/C17H13N3O/c1-12-17(15(18-17)13-8-4-2-5-9-13)16(21)20(19-12)14-10-6-3-7-11-14/h2-11H,1H3/t17-/m1/s1. The first-order valence-electron chi connectivity index (χ1n) is 6.84. The van der Waals surface area contributed by atoms with Crippen molar-refractivity contribution in [1.29, 1.82) is 0 Å². The van der Waals surface area contributed by atoms with Gasteiger partial charge < -0.3 is 0 Å². The van der Waals surface area contributed by atoms with Gasteiger partial charge in [0.1, 0.15) is 0 Å². The van der Waals surface area contributed by atoms with Gasteiger partial charge in [-0.3, -0.25) is 9.79 Å². The summed E-state index contributed by atoms with van der Waals surface area (Å²) in [7, 11) is 0. The minimum Gasteiger partial charge on any atom is -0.269 e. The Morgan fingerprint density at radius 1 is 0.952 bits per heavy atom. The van der Waals surface area contributed by atoms with Gasteiger partial charge in [-0.15, -0.1) is 0 Å². The molecular formula is C17H13N3O. The molecule has 0 aliphatic carbocycles. The molecule has 0 fully saturated rings. The molecule has 21 heavy (non-hydrogen) atoms. The summed E-state index contributed by atoms with van der Waals surface area (Å²) in [5, 5.41) is 5.87. The highest BCUT2D eigenvalue weighted by molar-refractivity contribution is 6.47. The van der Waals surface area contributed by atoms with Crippen molar-refractivity contribution >= 4 is 23.0 Å². The van der Waals surface area contributed by atoms with E-state index < -0.39 is 5.54 Å². The fourth-order valence-corrected chi connectivity index (χ4v) is 2.73. The van der Waals surface area contributed by atoms with E-state index >= 15 is 0 Å². The van der Waals surface area contributed by atoms with Crippen molar-refractivity contribution in [3.63, 3.8) is 0 Å². The number of hydrogen-bond acceptors (Lipinski definition) is 3. The van der Waals surface area contributed by atoms with Crippen LogP contribution in [0.15, 0.2) is 70.8 Å². The first kappa shape index (κ1) is 12.0. The lowest BCUT2D eigenvalue weighted by molar-refractivity contribution is -0.118. The molecule has 0 saturated carbocycles. The lowest BCUT2D eigenvalue weighted by Crippen LogP contribution is -2.39. The van der Waals surface area contributed by atoms with E-state index in [-0.39, 0.29) is 5.91 Å². The number of hydrogen-bond donors (Lipinski definition) is 0. The third-order valence-electron chi connectivity index (χ3n) is 3.90. The van der Waals surface area contributed by atoms with Gasteiger partial charge >= 0.3 is 0 Å². The van der Waals surface area contributed by atoms with E-state index in [0.717, 1.165) is 22.7 Å². The van der Waals surface area contributed by atoms with E-state index in [0.29, 0.717) is 0 Å². The van der Waals surface area contributed by atoms with Gasteiger partial charge in [0.2, 0.25) is 5.54 Å². The topological polar surface area (TPSA) is 45.0 Å². The van der Waals surface area contributed by atoms with E-state index in [1.54, 1.807) is 0 Å². The number of rotatable bonds is 2. The van der Waals surface area contributed by atoms with Gasteiger partial charge in [0.25, 0.3) is 5.91 Å². The number of benzene rings is 2. The monoisotopic (exact) mass is 275 g/mol. The van der Waals surface area contributed by atoms with Gasteiger partial charge in [0.05, 0.1) is 17.1 Å². The fraction of sp³-hybridized carbons (Fsp3) is 0.118. The summed E-state index contributed by atoms with van der Waals surface area (Å²) >= 11 is 0. The Morgan fingerprint density at radius 3 is 2.24 bits per heavy atom. The molecule has 4 nitrogen and oxygen atoms in total. The molecule has 4 heteroatoms. The highest BCUT2D eigenvalue weighted by Gasteiger charge is 2.62. The second-order valence-corrected chi connectivity index (χ2v) is 5.17. The molecule has 0 aromatic heterocycles. The van der Waals surface area contributed by atoms with Crippen molar-refractivity contribution < 1.29 is 4.79 Å². The van der Waals surface area contributed by atoms with Crippen LogP contribution in [0.1, 0.15) is 12.5 Å². The molecule has 0 saturated heterocycles. The van der Waals surface area contributed by atoms with Crippen LogP contribution in [-0.4, -0.2) is 22.9 Å². The van der Waals surface area contributed by atoms with E-state index in [9.17, 15) is 4.79 Å². The summed E-state index contributed by atoms with van der Waals surface area (Å²) in [4.78, 5) is 17.3. The predicted octanol–water partition coefficient (Wildman–Crippen LogP) is 2.65. The van der Waals surface area contributed by atoms with Crippen LogP contribution in [0, 0.1) is 0 Å². The third kappa shape index (κ3) is 1.59. The Bertz CT molecular complexity index is 780. The quantitative estimate of drug-likeness (QED) is 0.831. The second kappa shape index (κ2) is 4.12. The molecule has 1 amide bonds. The molecule has 0 radical (unpaired) electrons. The maximum absolute atomic E-state index is 12.8. The van der Waals surface area contributed by atoms with Gasteiger partial charge in [-0.25, -0.2) is 0 Å². The Kier molecular flexibility index (Phi) is 2.36. The van der Waals surface area contributed by atoms with E-state index in [2.05, 4.69) is 10.1 Å². The van der Waals surface area contributed by atoms with Crippen LogP contribution in [0.4, 0.5) is 5.69 Å². The highest BCUT2D eigenvalue weighted by Crippen LogP contribution is 2.41. The molecule has 2 aliphatic rings. The Morgan fingerprint density at radius 2 is 1.57 bits per heavy atom. The Labute approximate surface area is 122 Å². The largest absolute Gasteiger partial charge is 0.287 e. The van der Waals surface area contributed by atoms with Crippen LogP contribution in [0.25, 0.3) is 0 Å². The van der Waals surface area contributed by atoms with Crippen molar-refractivity contribution in [3.8, 4) is 0 Å². The average molecular weight is 275 g/mol. The van der Waals surface area contributed by atoms with Gasteiger partial charge in [-0.2, -0.15) is 10.1 Å². The first-order valence-corrected chi connectivity index (χ1v) is 6.84. The molecule has 0 unspecified atom stereocenters. The van der Waals surface area contributed by atoms with Crippen molar-refractivity contribution in [2.75, 3.05) is 5.01 Å². The second-order valence-electron chi connectivity index (χ2n) is 5.17. The van der Waals surface area contributed by atoms with Crippen LogP contribution < -0.4 is 5.01 Å². The Balaban J connectivity index is 1.69. The molecule has 1 atom stereocenters. The number of para-hydroxylation sites is 1. The smallest absolute Gasteiger partial charge is 0.269 e. The highest BCUT2D eigenvalue weighted by atomic mass is 16.2. The molecular weight excluding hydrogens is 262 g/mol. The summed E-state index contributed by atoms with van der Waals surface area (Å²) in [6.07, 6.45) is 0. The van der Waals surface area contributed by atoms with Gasteiger partial charge in [-0.05, 0) is 24.6 Å². The number of anilines is 1. The molecule has 2 aromatic rings. The lowest BCUT2D eigenvalue weighted by atomic mass is 9.94. The van der Waals surface area contributed by atoms with Crippen LogP contribution in [-0.2, 0) is 4.79 Å². The number of carbonyl (C=O) groups excluding carboxylic acids is 1. The maximum atomic E-state index is 12.8. The third-order valence-corrected chi connectivity index (χ3v) is 3.90.